The summed E-state index contributed by atoms with van der Waals surface area (Å²) in [6.45, 7) is 1.74. The number of unbranched alkanes of at least 4 members (excludes halogenated alkanes) is 6. The molecule has 2 fully saturated rings. The van der Waals surface area contributed by atoms with E-state index < -0.39 is 80.7 Å². The lowest BCUT2D eigenvalue weighted by molar-refractivity contribution is -0.362. The molecule has 2 saturated heterocycles. The SMILES string of the molecule is CCCCCCCCCC1=NCC(O[C@@H]2O[C@H](CO)[C@@H](O[C@@H]3O[C@H](CO)[C@H](O)[C@H](O)[C@H]3O)[C@H](O)[C@H]2O)CN1. The second-order valence-electron chi connectivity index (χ2n) is 10.3. The number of aliphatic hydroxyl groups excluding tert-OH is 7. The maximum atomic E-state index is 10.7. The topological polar surface area (TPSA) is 203 Å². The van der Waals surface area contributed by atoms with E-state index in [1.807, 2.05) is 0 Å². The van der Waals surface area contributed by atoms with Crippen molar-refractivity contribution in [3.05, 3.63) is 0 Å². The van der Waals surface area contributed by atoms with Gasteiger partial charge in [0.05, 0.1) is 31.7 Å². The highest BCUT2D eigenvalue weighted by molar-refractivity contribution is 5.82. The molecule has 3 heterocycles. The third kappa shape index (κ3) is 8.27. The van der Waals surface area contributed by atoms with Gasteiger partial charge in [-0.15, -0.1) is 0 Å². The van der Waals surface area contributed by atoms with Crippen molar-refractivity contribution in [2.24, 2.45) is 4.99 Å². The zero-order valence-corrected chi connectivity index (χ0v) is 22.0. The van der Waals surface area contributed by atoms with Gasteiger partial charge in [-0.3, -0.25) is 4.99 Å². The Morgan fingerprint density at radius 2 is 1.37 bits per heavy atom. The summed E-state index contributed by atoms with van der Waals surface area (Å²) in [5, 5.41) is 74.0. The molecular formula is C25H46N2O11. The molecule has 0 aliphatic carbocycles. The van der Waals surface area contributed by atoms with Crippen molar-refractivity contribution in [2.75, 3.05) is 26.3 Å². The minimum atomic E-state index is -1.72. The first kappa shape index (κ1) is 31.6. The molecule has 8 N–H and O–H groups in total. The minimum absolute atomic E-state index is 0.357. The smallest absolute Gasteiger partial charge is 0.187 e. The van der Waals surface area contributed by atoms with E-state index in [0.717, 1.165) is 18.7 Å². The standard InChI is InChI=1S/C25H46N2O11/c1-2-3-4-5-6-7-8-9-17-26-10-14(11-27-17)35-24-22(34)20(32)23(16(13-29)37-24)38-25-21(33)19(31)18(30)15(12-28)36-25/h14-16,18-25,28-34H,2-13H2,1H3,(H,26,27)/t15-,16-,18+,19+,20-,21-,22-,23-,24-,25+/m1/s1. The van der Waals surface area contributed by atoms with Crippen LogP contribution in [0.3, 0.4) is 0 Å². The lowest BCUT2D eigenvalue weighted by atomic mass is 9.97. The molecule has 0 aromatic heterocycles. The predicted octanol–water partition coefficient (Wildman–Crippen LogP) is -1.86. The van der Waals surface area contributed by atoms with Gasteiger partial charge in [0, 0.05) is 13.0 Å². The van der Waals surface area contributed by atoms with Gasteiger partial charge in [0.25, 0.3) is 0 Å². The van der Waals surface area contributed by atoms with E-state index in [0.29, 0.717) is 13.1 Å². The first-order valence-corrected chi connectivity index (χ1v) is 13.8. The number of ether oxygens (including phenoxy) is 4. The molecule has 0 bridgehead atoms. The number of amidine groups is 1. The fraction of sp³-hybridized carbons (Fsp3) is 0.960. The van der Waals surface area contributed by atoms with Crippen LogP contribution in [-0.2, 0) is 18.9 Å². The zero-order chi connectivity index (χ0) is 27.7. The van der Waals surface area contributed by atoms with Gasteiger partial charge in [-0.05, 0) is 6.42 Å². The van der Waals surface area contributed by atoms with E-state index in [9.17, 15) is 35.7 Å². The Hall–Kier alpha value is -0.970. The minimum Gasteiger partial charge on any atom is -0.394 e. The molecule has 13 nitrogen and oxygen atoms in total. The molecule has 3 aliphatic heterocycles. The van der Waals surface area contributed by atoms with Crippen LogP contribution in [0.5, 0.6) is 0 Å². The number of aliphatic imine (C=N–C) groups is 1. The van der Waals surface area contributed by atoms with Crippen LogP contribution in [0.15, 0.2) is 4.99 Å². The zero-order valence-electron chi connectivity index (χ0n) is 22.0. The highest BCUT2D eigenvalue weighted by Gasteiger charge is 2.51. The molecule has 1 unspecified atom stereocenters. The molecule has 0 aromatic rings. The van der Waals surface area contributed by atoms with Gasteiger partial charge >= 0.3 is 0 Å². The molecule has 0 radical (unpaired) electrons. The number of hydrogen-bond donors (Lipinski definition) is 8. The molecule has 3 rings (SSSR count). The highest BCUT2D eigenvalue weighted by atomic mass is 16.7. The second-order valence-corrected chi connectivity index (χ2v) is 10.3. The normalized spacial score (nSPS) is 40.0. The van der Waals surface area contributed by atoms with Gasteiger partial charge in [-0.2, -0.15) is 0 Å². The number of rotatable bonds is 14. The van der Waals surface area contributed by atoms with Gasteiger partial charge < -0.3 is 60.0 Å². The summed E-state index contributed by atoms with van der Waals surface area (Å²) in [7, 11) is 0. The predicted molar refractivity (Wildman–Crippen MR) is 134 cm³/mol. The molecule has 0 aromatic carbocycles. The van der Waals surface area contributed by atoms with Crippen molar-refractivity contribution >= 4 is 5.84 Å². The molecule has 3 aliphatic rings. The molecule has 38 heavy (non-hydrogen) atoms. The van der Waals surface area contributed by atoms with E-state index in [2.05, 4.69) is 17.2 Å². The van der Waals surface area contributed by atoms with Crippen LogP contribution in [0.2, 0.25) is 0 Å². The average Bonchev–Trinajstić information content (AvgIpc) is 2.93. The van der Waals surface area contributed by atoms with Crippen LogP contribution in [0.1, 0.15) is 58.3 Å². The Kier molecular flexibility index (Phi) is 13.1. The molecule has 0 saturated carbocycles. The van der Waals surface area contributed by atoms with Crippen LogP contribution in [0.25, 0.3) is 0 Å². The summed E-state index contributed by atoms with van der Waals surface area (Å²) in [5.74, 6) is 0.921. The lowest BCUT2D eigenvalue weighted by Crippen LogP contribution is -2.65. The van der Waals surface area contributed by atoms with Crippen molar-refractivity contribution in [1.29, 1.82) is 0 Å². The third-order valence-corrected chi connectivity index (χ3v) is 7.32. The van der Waals surface area contributed by atoms with E-state index in [1.165, 1.54) is 38.5 Å². The number of nitrogens with zero attached hydrogens (tertiary/aromatic N) is 1. The summed E-state index contributed by atoms with van der Waals surface area (Å²) in [6.07, 6.45) is -5.77. The maximum Gasteiger partial charge on any atom is 0.187 e. The summed E-state index contributed by atoms with van der Waals surface area (Å²) < 4.78 is 22.4. The van der Waals surface area contributed by atoms with Crippen molar-refractivity contribution in [3.8, 4) is 0 Å². The van der Waals surface area contributed by atoms with Crippen LogP contribution < -0.4 is 5.32 Å². The van der Waals surface area contributed by atoms with Crippen molar-refractivity contribution in [3.63, 3.8) is 0 Å². The van der Waals surface area contributed by atoms with Gasteiger partial charge in [0.1, 0.15) is 48.8 Å². The van der Waals surface area contributed by atoms with Gasteiger partial charge in [-0.1, -0.05) is 45.4 Å². The van der Waals surface area contributed by atoms with Crippen molar-refractivity contribution in [1.82, 2.24) is 5.32 Å². The van der Waals surface area contributed by atoms with Crippen LogP contribution in [0, 0.1) is 0 Å². The third-order valence-electron chi connectivity index (χ3n) is 7.32. The molecule has 0 amide bonds. The first-order chi connectivity index (χ1) is 18.3. The second kappa shape index (κ2) is 15.7. The quantitative estimate of drug-likeness (QED) is 0.112. The lowest BCUT2D eigenvalue weighted by Gasteiger charge is -2.46. The van der Waals surface area contributed by atoms with E-state index in [1.54, 1.807) is 0 Å². The highest BCUT2D eigenvalue weighted by Crippen LogP contribution is 2.30. The van der Waals surface area contributed by atoms with Gasteiger partial charge in [-0.25, -0.2) is 0 Å². The van der Waals surface area contributed by atoms with Crippen molar-refractivity contribution in [2.45, 2.75) is 126 Å². The van der Waals surface area contributed by atoms with Crippen LogP contribution in [-0.4, -0.2) is 135 Å². The number of hydrogen-bond acceptors (Lipinski definition) is 13. The van der Waals surface area contributed by atoms with E-state index in [-0.39, 0.29) is 0 Å². The largest absolute Gasteiger partial charge is 0.394 e. The monoisotopic (exact) mass is 550 g/mol. The van der Waals surface area contributed by atoms with E-state index >= 15 is 0 Å². The molecule has 222 valence electrons. The van der Waals surface area contributed by atoms with Gasteiger partial charge in [0.15, 0.2) is 12.6 Å². The molecular weight excluding hydrogens is 504 g/mol. The first-order valence-electron chi connectivity index (χ1n) is 13.8. The maximum absolute atomic E-state index is 10.7. The average molecular weight is 551 g/mol. The number of aliphatic hydroxyl groups is 7. The Labute approximate surface area is 223 Å². The Bertz CT molecular complexity index is 713. The van der Waals surface area contributed by atoms with Gasteiger partial charge in [0.2, 0.25) is 0 Å². The summed E-state index contributed by atoms with van der Waals surface area (Å²) >= 11 is 0. The van der Waals surface area contributed by atoms with Crippen molar-refractivity contribution < 1.29 is 54.7 Å². The Balaban J connectivity index is 1.47. The Morgan fingerprint density at radius 3 is 2.00 bits per heavy atom. The fourth-order valence-electron chi connectivity index (χ4n) is 4.93. The van der Waals surface area contributed by atoms with Crippen LogP contribution >= 0.6 is 0 Å². The molecule has 13 heteroatoms. The van der Waals surface area contributed by atoms with E-state index in [4.69, 9.17) is 18.9 Å². The summed E-state index contributed by atoms with van der Waals surface area (Å²) in [6, 6.07) is 0. The summed E-state index contributed by atoms with van der Waals surface area (Å²) in [4.78, 5) is 4.53. The number of nitrogens with one attached hydrogen (secondary N) is 1. The summed E-state index contributed by atoms with van der Waals surface area (Å²) in [5.41, 5.74) is 0. The molecule has 11 atom stereocenters. The van der Waals surface area contributed by atoms with Crippen LogP contribution in [0.4, 0.5) is 0 Å². The fourth-order valence-corrected chi connectivity index (χ4v) is 4.93. The Morgan fingerprint density at radius 1 is 0.763 bits per heavy atom. The molecule has 0 spiro atoms.